The standard InChI is InChI=1S/C32H12BF24.C10H10NO/c34-25(35,36)13-1-14(26(37,38)39)6-21(5-13)33(22-7-15(27(40,41)42)2-16(8-22)28(43,44)45,23-9-17(29(46,47)48)3-18(10-23)30(49,50)51)24-11-19(31(52,53)54)4-20(12-24)32(55,56)57;1-12-11-7-6-9-4-2-3-5-10(9)8-11/h1-12H;2-8H,1H3/q-1;+1. The second kappa shape index (κ2) is 17.9. The summed E-state index contributed by atoms with van der Waals surface area (Å²) < 4.78 is 343. The van der Waals surface area contributed by atoms with E-state index in [0.29, 0.717) is 0 Å². The maximum Gasteiger partial charge on any atom is 0.416 e. The molecule has 6 rings (SSSR count). The molecular formula is C42H22BF24NO. The summed E-state index contributed by atoms with van der Waals surface area (Å²) in [4.78, 5) is 5.04. The lowest BCUT2D eigenvalue weighted by Gasteiger charge is -2.46. The third-order valence-electron chi connectivity index (χ3n) is 10.3. The maximum absolute atomic E-state index is 14.2. The number of hydrogen-bond donors (Lipinski definition) is 0. The molecule has 0 saturated heterocycles. The van der Waals surface area contributed by atoms with E-state index in [0.717, 1.165) is 0 Å². The van der Waals surface area contributed by atoms with Crippen molar-refractivity contribution in [1.29, 1.82) is 0 Å². The van der Waals surface area contributed by atoms with Crippen LogP contribution in [0.25, 0.3) is 10.8 Å². The van der Waals surface area contributed by atoms with Crippen molar-refractivity contribution in [2.45, 2.75) is 49.4 Å². The van der Waals surface area contributed by atoms with Crippen molar-refractivity contribution >= 4 is 38.8 Å². The Hall–Kier alpha value is -6.31. The van der Waals surface area contributed by atoms with Crippen LogP contribution in [0.15, 0.2) is 116 Å². The number of nitrogens with zero attached hydrogens (tertiary/aromatic N) is 1. The summed E-state index contributed by atoms with van der Waals surface area (Å²) in [6.07, 6.45) is -51.0. The molecule has 0 fully saturated rings. The molecule has 5 aromatic carbocycles. The molecule has 372 valence electrons. The van der Waals surface area contributed by atoms with Gasteiger partial charge >= 0.3 is 49.4 Å². The first-order chi connectivity index (χ1) is 31.2. The molecule has 0 spiro atoms. The van der Waals surface area contributed by atoms with Gasteiger partial charge in [0.15, 0.2) is 0 Å². The molecule has 0 saturated carbocycles. The van der Waals surface area contributed by atoms with Gasteiger partial charge in [-0.3, -0.25) is 4.84 Å². The van der Waals surface area contributed by atoms with Crippen LogP contribution in [0, 0.1) is 0 Å². The van der Waals surface area contributed by atoms with Gasteiger partial charge in [-0.1, -0.05) is 66.7 Å². The fourth-order valence-corrected chi connectivity index (χ4v) is 7.30. The number of aromatic nitrogens is 1. The molecule has 0 aliphatic rings. The van der Waals surface area contributed by atoms with Crippen LogP contribution < -0.4 is 31.4 Å². The Labute approximate surface area is 370 Å². The van der Waals surface area contributed by atoms with E-state index in [1.807, 2.05) is 30.6 Å². The van der Waals surface area contributed by atoms with E-state index in [1.165, 1.54) is 10.8 Å². The Kier molecular flexibility index (Phi) is 13.9. The highest BCUT2D eigenvalue weighted by atomic mass is 19.4. The fourth-order valence-electron chi connectivity index (χ4n) is 7.30. The van der Waals surface area contributed by atoms with E-state index >= 15 is 0 Å². The van der Waals surface area contributed by atoms with Gasteiger partial charge in [-0.05, 0) is 35.7 Å². The number of fused-ring (bicyclic) bond motifs is 1. The topological polar surface area (TPSA) is 13.1 Å². The van der Waals surface area contributed by atoms with Gasteiger partial charge in [0.05, 0.1) is 49.9 Å². The third kappa shape index (κ3) is 11.9. The quantitative estimate of drug-likeness (QED) is 0.0953. The SMILES string of the molecule is CO[n+]1ccc2ccccc2c1.FC(F)(F)c1cc([B-](c2cc(C(F)(F)F)cc(C(F)(F)F)c2)(c2cc(C(F)(F)F)cc(C(F)(F)F)c2)c2cc(C(F)(F)F)cc(C(F)(F)F)c2)cc(C(F)(F)F)c1. The van der Waals surface area contributed by atoms with Crippen LogP contribution in [0.4, 0.5) is 105 Å². The number of alkyl halides is 24. The smallest absolute Gasteiger partial charge is 0.275 e. The molecule has 0 radical (unpaired) electrons. The van der Waals surface area contributed by atoms with E-state index in [9.17, 15) is 105 Å². The molecule has 27 heteroatoms. The van der Waals surface area contributed by atoms with Crippen LogP contribution in [0.1, 0.15) is 44.5 Å². The molecule has 0 amide bonds. The van der Waals surface area contributed by atoms with Crippen molar-refractivity contribution in [3.63, 3.8) is 0 Å². The summed E-state index contributed by atoms with van der Waals surface area (Å²) in [5.41, 5.74) is -30.2. The molecule has 0 bridgehead atoms. The van der Waals surface area contributed by atoms with Gasteiger partial charge in [-0.2, -0.15) is 127 Å². The third-order valence-corrected chi connectivity index (χ3v) is 10.3. The number of halogens is 24. The first-order valence-electron chi connectivity index (χ1n) is 18.5. The van der Waals surface area contributed by atoms with Gasteiger partial charge in [-0.15, -0.1) is 0 Å². The number of rotatable bonds is 5. The predicted octanol–water partition coefficient (Wildman–Crippen LogP) is 12.4. The predicted molar refractivity (Wildman–Crippen MR) is 197 cm³/mol. The normalized spacial score (nSPS) is 13.6. The van der Waals surface area contributed by atoms with Gasteiger partial charge in [0.2, 0.25) is 12.4 Å². The van der Waals surface area contributed by atoms with Crippen molar-refractivity contribution in [3.05, 3.63) is 160 Å². The molecule has 0 aliphatic heterocycles. The van der Waals surface area contributed by atoms with Crippen molar-refractivity contribution in [3.8, 4) is 0 Å². The Morgan fingerprint density at radius 3 is 0.739 bits per heavy atom. The van der Waals surface area contributed by atoms with Crippen molar-refractivity contribution in [2.24, 2.45) is 0 Å². The number of pyridine rings is 1. The zero-order valence-electron chi connectivity index (χ0n) is 33.5. The summed E-state index contributed by atoms with van der Waals surface area (Å²) in [5.74, 6) is 0. The van der Waals surface area contributed by atoms with E-state index in [4.69, 9.17) is 4.84 Å². The van der Waals surface area contributed by atoms with Crippen LogP contribution in [0.5, 0.6) is 0 Å². The molecule has 1 heterocycles. The average Bonchev–Trinajstić information content (AvgIpc) is 3.21. The first kappa shape index (κ1) is 53.6. The minimum absolute atomic E-state index is 0.691. The summed E-state index contributed by atoms with van der Waals surface area (Å²) >= 11 is 0. The summed E-state index contributed by atoms with van der Waals surface area (Å²) in [5, 5.41) is 2.41. The molecule has 1 aromatic heterocycles. The van der Waals surface area contributed by atoms with Crippen LogP contribution in [-0.4, -0.2) is 13.3 Å². The lowest BCUT2D eigenvalue weighted by Crippen LogP contribution is -2.75. The molecule has 2 nitrogen and oxygen atoms in total. The van der Waals surface area contributed by atoms with Gasteiger partial charge in [-0.25, -0.2) is 0 Å². The lowest BCUT2D eigenvalue weighted by atomic mass is 9.12. The Balaban J connectivity index is 0.000000636. The first-order valence-corrected chi connectivity index (χ1v) is 18.5. The highest BCUT2D eigenvalue weighted by Gasteiger charge is 2.47. The molecular weight excluding hydrogens is 1000 g/mol. The second-order valence-corrected chi connectivity index (χ2v) is 14.8. The molecule has 0 aliphatic carbocycles. The van der Waals surface area contributed by atoms with Crippen molar-refractivity contribution in [1.82, 2.24) is 0 Å². The Morgan fingerprint density at radius 2 is 0.536 bits per heavy atom. The van der Waals surface area contributed by atoms with Crippen molar-refractivity contribution in [2.75, 3.05) is 7.11 Å². The molecule has 69 heavy (non-hydrogen) atoms. The van der Waals surface area contributed by atoms with E-state index < -0.39 is 195 Å². The van der Waals surface area contributed by atoms with Gasteiger partial charge in [0, 0.05) is 10.8 Å². The van der Waals surface area contributed by atoms with E-state index in [2.05, 4.69) is 12.1 Å². The summed E-state index contributed by atoms with van der Waals surface area (Å²) in [7, 11) is 1.65. The number of benzene rings is 5. The van der Waals surface area contributed by atoms with Crippen LogP contribution in [-0.2, 0) is 49.4 Å². The average molecular weight is 1020 g/mol. The largest absolute Gasteiger partial charge is 0.416 e. The summed E-state index contributed by atoms with van der Waals surface area (Å²) in [6.45, 7) is 0. The zero-order chi connectivity index (χ0) is 52.3. The molecule has 0 atom stereocenters. The van der Waals surface area contributed by atoms with Gasteiger partial charge in [0.25, 0.3) is 0 Å². The minimum Gasteiger partial charge on any atom is -0.275 e. The highest BCUT2D eigenvalue weighted by molar-refractivity contribution is 7.20. The molecule has 0 unspecified atom stereocenters. The van der Waals surface area contributed by atoms with Crippen LogP contribution in [0.2, 0.25) is 0 Å². The fraction of sp³-hybridized carbons (Fsp3) is 0.214. The van der Waals surface area contributed by atoms with Gasteiger partial charge in [0.1, 0.15) is 13.3 Å². The summed E-state index contributed by atoms with van der Waals surface area (Å²) in [6, 6.07) is 1.40. The van der Waals surface area contributed by atoms with E-state index in [1.54, 1.807) is 11.8 Å². The van der Waals surface area contributed by atoms with Crippen LogP contribution >= 0.6 is 0 Å². The molecule has 0 N–H and O–H groups in total. The molecule has 6 aromatic rings. The minimum atomic E-state index is -6.13. The Morgan fingerprint density at radius 1 is 0.319 bits per heavy atom. The highest BCUT2D eigenvalue weighted by Crippen LogP contribution is 2.41. The second-order valence-electron chi connectivity index (χ2n) is 14.8. The van der Waals surface area contributed by atoms with Crippen molar-refractivity contribution < 1.29 is 115 Å². The van der Waals surface area contributed by atoms with Gasteiger partial charge < -0.3 is 0 Å². The lowest BCUT2D eigenvalue weighted by molar-refractivity contribution is -0.884. The number of hydrogen-bond acceptors (Lipinski definition) is 1. The maximum atomic E-state index is 14.2. The monoisotopic (exact) mass is 1020 g/mol. The zero-order valence-corrected chi connectivity index (χ0v) is 33.5. The van der Waals surface area contributed by atoms with Crippen LogP contribution in [0.3, 0.4) is 0 Å². The Bertz CT molecular complexity index is 2390. The van der Waals surface area contributed by atoms with E-state index in [-0.39, 0.29) is 0 Å².